The number of rotatable bonds is 6. The second kappa shape index (κ2) is 8.02. The van der Waals surface area contributed by atoms with Gasteiger partial charge in [-0.3, -0.25) is 10.2 Å². The first-order valence-corrected chi connectivity index (χ1v) is 6.21. The minimum absolute atomic E-state index is 0.180. The normalized spacial score (nSPS) is 11.1. The van der Waals surface area contributed by atoms with Crippen LogP contribution in [-0.2, 0) is 16.1 Å². The van der Waals surface area contributed by atoms with Gasteiger partial charge in [0.1, 0.15) is 18.3 Å². The fraction of sp³-hybridized carbons (Fsp3) is 0.357. The van der Waals surface area contributed by atoms with Crippen molar-refractivity contribution in [2.45, 2.75) is 32.8 Å². The van der Waals surface area contributed by atoms with E-state index in [1.807, 2.05) is 37.3 Å². The molecule has 0 aliphatic rings. The highest BCUT2D eigenvalue weighted by Gasteiger charge is 2.05. The molecule has 0 aliphatic carbocycles. The smallest absolute Gasteiger partial charge is 0.306 e. The van der Waals surface area contributed by atoms with E-state index in [1.54, 1.807) is 0 Å². The summed E-state index contributed by atoms with van der Waals surface area (Å²) in [4.78, 5) is 15.3. The topological polar surface area (TPSA) is 88.5 Å². The summed E-state index contributed by atoms with van der Waals surface area (Å²) >= 11 is 0. The van der Waals surface area contributed by atoms with Gasteiger partial charge in [0.25, 0.3) is 0 Å². The number of nitrogens with zero attached hydrogens (tertiary/aromatic N) is 1. The van der Waals surface area contributed by atoms with Crippen LogP contribution < -0.4 is 5.73 Å². The Labute approximate surface area is 113 Å². The number of ether oxygens (including phenoxy) is 1. The van der Waals surface area contributed by atoms with Crippen molar-refractivity contribution in [3.05, 3.63) is 35.9 Å². The van der Waals surface area contributed by atoms with E-state index in [0.717, 1.165) is 5.56 Å². The summed E-state index contributed by atoms with van der Waals surface area (Å²) in [6.07, 6.45) is 1.02. The Morgan fingerprint density at radius 1 is 1.32 bits per heavy atom. The molecule has 1 rings (SSSR count). The summed E-state index contributed by atoms with van der Waals surface area (Å²) in [6, 6.07) is 9.48. The van der Waals surface area contributed by atoms with Crippen LogP contribution in [0.3, 0.4) is 0 Å². The number of amidine groups is 2. The van der Waals surface area contributed by atoms with Crippen molar-refractivity contribution in [1.82, 2.24) is 0 Å². The molecule has 0 aliphatic heterocycles. The molecule has 1 aromatic carbocycles. The Hall–Kier alpha value is -2.17. The molecule has 0 unspecified atom stereocenters. The van der Waals surface area contributed by atoms with Gasteiger partial charge in [-0.05, 0) is 5.56 Å². The molecule has 3 N–H and O–H groups in total. The minimum Gasteiger partial charge on any atom is -0.461 e. The van der Waals surface area contributed by atoms with Crippen molar-refractivity contribution in [3.8, 4) is 0 Å². The molecule has 5 nitrogen and oxygen atoms in total. The van der Waals surface area contributed by atoms with Gasteiger partial charge in [0, 0.05) is 12.8 Å². The zero-order chi connectivity index (χ0) is 14.1. The summed E-state index contributed by atoms with van der Waals surface area (Å²) in [5.41, 5.74) is 6.56. The quantitative estimate of drug-likeness (QED) is 0.467. The summed E-state index contributed by atoms with van der Waals surface area (Å²) in [7, 11) is 0. The van der Waals surface area contributed by atoms with Gasteiger partial charge in [0.15, 0.2) is 0 Å². The summed E-state index contributed by atoms with van der Waals surface area (Å²) in [5.74, 6) is 0.198. The SMILES string of the molecule is CCC(=N)N=C(N)CCC(=O)OCc1ccccc1. The first kappa shape index (κ1) is 14.9. The number of aliphatic imine (C=N–C) groups is 1. The largest absolute Gasteiger partial charge is 0.461 e. The second-order valence-corrected chi connectivity index (χ2v) is 4.05. The molecule has 0 aromatic heterocycles. The monoisotopic (exact) mass is 261 g/mol. The van der Waals surface area contributed by atoms with Crippen molar-refractivity contribution in [1.29, 1.82) is 5.41 Å². The molecule has 19 heavy (non-hydrogen) atoms. The lowest BCUT2D eigenvalue weighted by atomic mass is 10.2. The van der Waals surface area contributed by atoms with Crippen LogP contribution in [0.5, 0.6) is 0 Å². The lowest BCUT2D eigenvalue weighted by Gasteiger charge is -2.05. The fourth-order valence-electron chi connectivity index (χ4n) is 1.35. The average Bonchev–Trinajstić information content (AvgIpc) is 2.43. The maximum atomic E-state index is 11.5. The second-order valence-electron chi connectivity index (χ2n) is 4.05. The van der Waals surface area contributed by atoms with Crippen LogP contribution in [0.1, 0.15) is 31.7 Å². The third-order valence-electron chi connectivity index (χ3n) is 2.44. The van der Waals surface area contributed by atoms with Crippen molar-refractivity contribution in [3.63, 3.8) is 0 Å². The zero-order valence-electron chi connectivity index (χ0n) is 11.1. The fourth-order valence-corrected chi connectivity index (χ4v) is 1.35. The lowest BCUT2D eigenvalue weighted by molar-refractivity contribution is -0.144. The highest BCUT2D eigenvalue weighted by molar-refractivity contribution is 5.95. The van der Waals surface area contributed by atoms with E-state index < -0.39 is 0 Å². The molecule has 0 spiro atoms. The molecular formula is C14H19N3O2. The molecule has 0 bridgehead atoms. The van der Waals surface area contributed by atoms with Gasteiger partial charge < -0.3 is 10.5 Å². The van der Waals surface area contributed by atoms with Gasteiger partial charge in [-0.15, -0.1) is 0 Å². The molecule has 5 heteroatoms. The van der Waals surface area contributed by atoms with Crippen molar-refractivity contribution in [2.75, 3.05) is 0 Å². The van der Waals surface area contributed by atoms with Crippen LogP contribution in [0.15, 0.2) is 35.3 Å². The number of hydrogen-bond donors (Lipinski definition) is 2. The lowest BCUT2D eigenvalue weighted by Crippen LogP contribution is -2.16. The van der Waals surface area contributed by atoms with E-state index in [9.17, 15) is 4.79 Å². The molecule has 1 aromatic rings. The number of nitrogens with two attached hydrogens (primary N) is 1. The predicted octanol–water partition coefficient (Wildman–Crippen LogP) is 2.25. The number of esters is 1. The average molecular weight is 261 g/mol. The Balaban J connectivity index is 2.29. The molecule has 0 radical (unpaired) electrons. The molecule has 0 heterocycles. The van der Waals surface area contributed by atoms with Crippen molar-refractivity contribution in [2.24, 2.45) is 10.7 Å². The molecule has 0 saturated heterocycles. The van der Waals surface area contributed by atoms with Crippen LogP contribution in [-0.4, -0.2) is 17.6 Å². The van der Waals surface area contributed by atoms with Gasteiger partial charge >= 0.3 is 5.97 Å². The van der Waals surface area contributed by atoms with E-state index in [0.29, 0.717) is 18.7 Å². The van der Waals surface area contributed by atoms with Crippen molar-refractivity contribution >= 4 is 17.6 Å². The third-order valence-corrected chi connectivity index (χ3v) is 2.44. The Kier molecular flexibility index (Phi) is 6.29. The minimum atomic E-state index is -0.315. The highest BCUT2D eigenvalue weighted by atomic mass is 16.5. The highest BCUT2D eigenvalue weighted by Crippen LogP contribution is 2.02. The van der Waals surface area contributed by atoms with Crippen molar-refractivity contribution < 1.29 is 9.53 Å². The maximum absolute atomic E-state index is 11.5. The number of nitrogens with one attached hydrogen (secondary N) is 1. The summed E-state index contributed by atoms with van der Waals surface area (Å²) in [5, 5.41) is 7.36. The predicted molar refractivity (Wildman–Crippen MR) is 75.1 cm³/mol. The summed E-state index contributed by atoms with van der Waals surface area (Å²) in [6.45, 7) is 2.09. The summed E-state index contributed by atoms with van der Waals surface area (Å²) < 4.78 is 5.11. The molecule has 0 amide bonds. The zero-order valence-corrected chi connectivity index (χ0v) is 11.1. The molecule has 0 atom stereocenters. The van der Waals surface area contributed by atoms with Gasteiger partial charge in [0.05, 0.1) is 6.42 Å². The van der Waals surface area contributed by atoms with Gasteiger partial charge in [-0.2, -0.15) is 0 Å². The van der Waals surface area contributed by atoms with Crippen LogP contribution in [0.25, 0.3) is 0 Å². The van der Waals surface area contributed by atoms with E-state index in [1.165, 1.54) is 0 Å². The van der Waals surface area contributed by atoms with E-state index in [-0.39, 0.29) is 24.8 Å². The van der Waals surface area contributed by atoms with E-state index >= 15 is 0 Å². The molecule has 0 fully saturated rings. The van der Waals surface area contributed by atoms with Crippen LogP contribution in [0, 0.1) is 5.41 Å². The number of carbonyl (C=O) groups excluding carboxylic acids is 1. The number of carbonyl (C=O) groups is 1. The Morgan fingerprint density at radius 3 is 2.63 bits per heavy atom. The third kappa shape index (κ3) is 6.35. The Morgan fingerprint density at radius 2 is 2.00 bits per heavy atom. The van der Waals surface area contributed by atoms with Gasteiger partial charge in [0.2, 0.25) is 0 Å². The van der Waals surface area contributed by atoms with Crippen LogP contribution in [0.2, 0.25) is 0 Å². The maximum Gasteiger partial charge on any atom is 0.306 e. The standard InChI is InChI=1S/C14H19N3O2/c1-2-12(15)17-13(16)8-9-14(18)19-10-11-6-4-3-5-7-11/h3-7H,2,8-10H2,1H3,(H3,15,16,17). The van der Waals surface area contributed by atoms with Gasteiger partial charge in [-0.25, -0.2) is 4.99 Å². The molecule has 102 valence electrons. The van der Waals surface area contributed by atoms with E-state index in [4.69, 9.17) is 15.9 Å². The first-order chi connectivity index (χ1) is 9.11. The molecular weight excluding hydrogens is 242 g/mol. The van der Waals surface area contributed by atoms with Gasteiger partial charge in [-0.1, -0.05) is 37.3 Å². The first-order valence-electron chi connectivity index (χ1n) is 6.21. The van der Waals surface area contributed by atoms with Crippen LogP contribution in [0.4, 0.5) is 0 Å². The Bertz CT molecular complexity index is 455. The van der Waals surface area contributed by atoms with E-state index in [2.05, 4.69) is 4.99 Å². The number of hydrogen-bond acceptors (Lipinski definition) is 3. The number of benzene rings is 1. The van der Waals surface area contributed by atoms with Crippen LogP contribution >= 0.6 is 0 Å². The molecule has 0 saturated carbocycles.